The Labute approximate surface area is 175 Å². The summed E-state index contributed by atoms with van der Waals surface area (Å²) in [5, 5.41) is 9.13. The summed E-state index contributed by atoms with van der Waals surface area (Å²) in [6, 6.07) is 3.74. The predicted molar refractivity (Wildman–Crippen MR) is 103 cm³/mol. The molecular formula is C18H19F3N2O7S. The van der Waals surface area contributed by atoms with E-state index in [9.17, 15) is 26.4 Å². The van der Waals surface area contributed by atoms with Crippen LogP contribution in [-0.4, -0.2) is 40.8 Å². The van der Waals surface area contributed by atoms with E-state index in [4.69, 9.17) is 25.1 Å². The van der Waals surface area contributed by atoms with Gasteiger partial charge in [-0.2, -0.15) is 13.2 Å². The molecule has 0 unspecified atom stereocenters. The first-order valence-electron chi connectivity index (χ1n) is 8.38. The molecule has 0 atom stereocenters. The molecule has 2 rings (SSSR count). The van der Waals surface area contributed by atoms with E-state index in [-0.39, 0.29) is 23.1 Å². The molecular weight excluding hydrogens is 445 g/mol. The minimum Gasteiger partial charge on any atom is -0.496 e. The van der Waals surface area contributed by atoms with Gasteiger partial charge in [-0.15, -0.1) is 0 Å². The molecule has 0 saturated carbocycles. The zero-order chi connectivity index (χ0) is 23.6. The normalized spacial score (nSPS) is 11.8. The maximum Gasteiger partial charge on any atom is 0.418 e. The van der Waals surface area contributed by atoms with Crippen LogP contribution >= 0.6 is 0 Å². The third-order valence-electron chi connectivity index (χ3n) is 4.26. The number of halogens is 3. The fourth-order valence-electron chi connectivity index (χ4n) is 2.70. The molecule has 9 nitrogen and oxygen atoms in total. The van der Waals surface area contributed by atoms with Crippen LogP contribution in [0.15, 0.2) is 29.2 Å². The number of alkyl halides is 3. The number of carboxylic acids is 1. The first-order valence-corrected chi connectivity index (χ1v) is 9.86. The molecule has 0 radical (unpaired) electrons. The Morgan fingerprint density at radius 3 is 2.03 bits per heavy atom. The highest BCUT2D eigenvalue weighted by atomic mass is 32.2. The maximum absolute atomic E-state index is 13.2. The second-order valence-corrected chi connectivity index (χ2v) is 7.84. The van der Waals surface area contributed by atoms with Gasteiger partial charge in [0.15, 0.2) is 0 Å². The van der Waals surface area contributed by atoms with Crippen molar-refractivity contribution in [3.8, 4) is 17.2 Å². The van der Waals surface area contributed by atoms with E-state index in [2.05, 4.69) is 4.72 Å². The number of aromatic carboxylic acids is 1. The fourth-order valence-corrected chi connectivity index (χ4v) is 3.74. The van der Waals surface area contributed by atoms with Gasteiger partial charge in [-0.3, -0.25) is 0 Å². The number of nitrogen functional groups attached to an aromatic ring is 1. The molecule has 0 aromatic heterocycles. The smallest absolute Gasteiger partial charge is 0.418 e. The fraction of sp³-hybridized carbons (Fsp3) is 0.278. The molecule has 0 aliphatic carbocycles. The Kier molecular flexibility index (Phi) is 6.91. The highest BCUT2D eigenvalue weighted by molar-refractivity contribution is 7.89. The first-order chi connectivity index (χ1) is 14.3. The van der Waals surface area contributed by atoms with Crippen LogP contribution in [0.5, 0.6) is 17.2 Å². The molecule has 13 heteroatoms. The topological polar surface area (TPSA) is 137 Å². The van der Waals surface area contributed by atoms with Crippen molar-refractivity contribution in [2.24, 2.45) is 0 Å². The van der Waals surface area contributed by atoms with E-state index in [0.717, 1.165) is 0 Å². The van der Waals surface area contributed by atoms with Gasteiger partial charge in [0.1, 0.15) is 17.2 Å². The van der Waals surface area contributed by atoms with Crippen molar-refractivity contribution in [1.29, 1.82) is 0 Å². The molecule has 2 aromatic carbocycles. The molecule has 0 aliphatic rings. The average molecular weight is 464 g/mol. The van der Waals surface area contributed by atoms with Crippen LogP contribution in [-0.2, 0) is 22.7 Å². The molecule has 0 bridgehead atoms. The summed E-state index contributed by atoms with van der Waals surface area (Å²) in [4.78, 5) is 10.4. The number of sulfonamides is 1. The maximum atomic E-state index is 13.2. The van der Waals surface area contributed by atoms with Gasteiger partial charge in [0.25, 0.3) is 0 Å². The lowest BCUT2D eigenvalue weighted by Gasteiger charge is -2.17. The number of anilines is 1. The average Bonchev–Trinajstić information content (AvgIpc) is 2.70. The van der Waals surface area contributed by atoms with E-state index in [0.29, 0.717) is 11.8 Å². The van der Waals surface area contributed by atoms with Gasteiger partial charge in [-0.1, -0.05) is 0 Å². The number of ether oxygens (including phenoxy) is 3. The molecule has 170 valence electrons. The van der Waals surface area contributed by atoms with Crippen LogP contribution in [0.4, 0.5) is 18.9 Å². The number of hydrogen-bond acceptors (Lipinski definition) is 7. The van der Waals surface area contributed by atoms with Crippen LogP contribution in [0.1, 0.15) is 21.5 Å². The van der Waals surface area contributed by atoms with Gasteiger partial charge in [0.2, 0.25) is 10.0 Å². The Morgan fingerprint density at radius 2 is 1.61 bits per heavy atom. The summed E-state index contributed by atoms with van der Waals surface area (Å²) in [5.74, 6) is -1.06. The SMILES string of the molecule is COc1cc(OC)c(CNS(=O)(=O)c2cc(C(=O)O)c(N)c(C(F)(F)F)c2)c(OC)c1. The van der Waals surface area contributed by atoms with Gasteiger partial charge >= 0.3 is 12.1 Å². The van der Waals surface area contributed by atoms with Crippen LogP contribution < -0.4 is 24.7 Å². The van der Waals surface area contributed by atoms with E-state index < -0.39 is 50.4 Å². The minimum atomic E-state index is -5.07. The van der Waals surface area contributed by atoms with E-state index in [1.807, 2.05) is 0 Å². The Hall–Kier alpha value is -3.19. The van der Waals surface area contributed by atoms with Gasteiger partial charge < -0.3 is 25.1 Å². The molecule has 2 aromatic rings. The predicted octanol–water partition coefficient (Wildman–Crippen LogP) is 2.49. The molecule has 4 N–H and O–H groups in total. The summed E-state index contributed by atoms with van der Waals surface area (Å²) < 4.78 is 82.7. The molecule has 0 saturated heterocycles. The van der Waals surface area contributed by atoms with Crippen LogP contribution in [0, 0.1) is 0 Å². The lowest BCUT2D eigenvalue weighted by Crippen LogP contribution is -2.25. The number of hydrogen-bond donors (Lipinski definition) is 3. The third kappa shape index (κ3) is 5.11. The van der Waals surface area contributed by atoms with E-state index in [1.54, 1.807) is 0 Å². The zero-order valence-corrected chi connectivity index (χ0v) is 17.3. The molecule has 0 aliphatic heterocycles. The van der Waals surface area contributed by atoms with Crippen LogP contribution in [0.25, 0.3) is 0 Å². The minimum absolute atomic E-state index is 0.193. The Balaban J connectivity index is 2.51. The first kappa shape index (κ1) is 24.1. The van der Waals surface area contributed by atoms with Gasteiger partial charge in [-0.05, 0) is 12.1 Å². The number of nitrogens with two attached hydrogens (primary N) is 1. The number of nitrogens with one attached hydrogen (secondary N) is 1. The van der Waals surface area contributed by atoms with Crippen molar-refractivity contribution in [3.63, 3.8) is 0 Å². The zero-order valence-electron chi connectivity index (χ0n) is 16.5. The second kappa shape index (κ2) is 8.89. The van der Waals surface area contributed by atoms with Crippen molar-refractivity contribution in [1.82, 2.24) is 4.72 Å². The summed E-state index contributed by atoms with van der Waals surface area (Å²) in [7, 11) is -0.551. The van der Waals surface area contributed by atoms with Crippen LogP contribution in [0.3, 0.4) is 0 Å². The van der Waals surface area contributed by atoms with Crippen molar-refractivity contribution in [2.45, 2.75) is 17.6 Å². The summed E-state index contributed by atoms with van der Waals surface area (Å²) in [6.07, 6.45) is -5.07. The Bertz CT molecular complexity index is 1080. The Morgan fingerprint density at radius 1 is 1.06 bits per heavy atom. The lowest BCUT2D eigenvalue weighted by molar-refractivity contribution is -0.137. The summed E-state index contributed by atoms with van der Waals surface area (Å²) in [5.41, 5.74) is 1.87. The van der Waals surface area contributed by atoms with Crippen molar-refractivity contribution >= 4 is 21.7 Å². The summed E-state index contributed by atoms with van der Waals surface area (Å²) >= 11 is 0. The molecule has 0 amide bonds. The van der Waals surface area contributed by atoms with Crippen molar-refractivity contribution < 1.29 is 45.7 Å². The van der Waals surface area contributed by atoms with E-state index in [1.165, 1.54) is 33.5 Å². The highest BCUT2D eigenvalue weighted by Gasteiger charge is 2.36. The molecule has 0 fully saturated rings. The highest BCUT2D eigenvalue weighted by Crippen LogP contribution is 2.38. The monoisotopic (exact) mass is 464 g/mol. The molecule has 0 heterocycles. The standard InChI is InChI=1S/C18H19F3N2O7S/c1-28-9-4-14(29-2)12(15(5-9)30-3)8-23-31(26,27)10-6-11(17(24)25)16(22)13(7-10)18(19,20)21/h4-7,23H,8,22H2,1-3H3,(H,24,25). The van der Waals surface area contributed by atoms with Gasteiger partial charge in [0, 0.05) is 18.7 Å². The number of methoxy groups -OCH3 is 3. The number of benzene rings is 2. The number of carbonyl (C=O) groups is 1. The van der Waals surface area contributed by atoms with Gasteiger partial charge in [0.05, 0.1) is 48.6 Å². The number of carboxylic acid groups (broad SMARTS) is 1. The van der Waals surface area contributed by atoms with Crippen LogP contribution in [0.2, 0.25) is 0 Å². The van der Waals surface area contributed by atoms with E-state index >= 15 is 0 Å². The lowest BCUT2D eigenvalue weighted by atomic mass is 10.1. The van der Waals surface area contributed by atoms with Gasteiger partial charge in [-0.25, -0.2) is 17.9 Å². The van der Waals surface area contributed by atoms with Crippen molar-refractivity contribution in [3.05, 3.63) is 41.0 Å². The quantitative estimate of drug-likeness (QED) is 0.507. The second-order valence-electron chi connectivity index (χ2n) is 6.07. The molecule has 31 heavy (non-hydrogen) atoms. The largest absolute Gasteiger partial charge is 0.496 e. The number of rotatable bonds is 8. The van der Waals surface area contributed by atoms with Crippen molar-refractivity contribution in [2.75, 3.05) is 27.1 Å². The summed E-state index contributed by atoms with van der Waals surface area (Å²) in [6.45, 7) is -0.438. The molecule has 0 spiro atoms. The third-order valence-corrected chi connectivity index (χ3v) is 5.64.